The Balaban J connectivity index is 2.80. The highest BCUT2D eigenvalue weighted by atomic mass is 19.1. The van der Waals surface area contributed by atoms with Gasteiger partial charge in [0.2, 0.25) is 0 Å². The molecule has 0 aromatic rings. The fraction of sp³-hybridized carbons (Fsp3) is 0.800. The lowest BCUT2D eigenvalue weighted by Crippen LogP contribution is -2.13. The van der Waals surface area contributed by atoms with Crippen LogP contribution in [-0.4, -0.2) is 6.17 Å². The zero-order valence-electron chi connectivity index (χ0n) is 7.65. The first-order valence-electron chi connectivity index (χ1n) is 4.46. The van der Waals surface area contributed by atoms with E-state index in [1.54, 1.807) is 0 Å². The van der Waals surface area contributed by atoms with Gasteiger partial charge in [-0.15, -0.1) is 0 Å². The molecule has 0 radical (unpaired) electrons. The smallest absolute Gasteiger partial charge is 0.121 e. The fourth-order valence-electron chi connectivity index (χ4n) is 1.83. The number of rotatable bonds is 1. The van der Waals surface area contributed by atoms with Gasteiger partial charge >= 0.3 is 0 Å². The first kappa shape index (κ1) is 8.76. The van der Waals surface area contributed by atoms with Gasteiger partial charge in [-0.1, -0.05) is 19.4 Å². The lowest BCUT2D eigenvalue weighted by molar-refractivity contribution is 0.331. The molecule has 0 nitrogen and oxygen atoms in total. The summed E-state index contributed by atoms with van der Waals surface area (Å²) >= 11 is 0. The van der Waals surface area contributed by atoms with Crippen LogP contribution in [0.2, 0.25) is 0 Å². The van der Waals surface area contributed by atoms with E-state index < -0.39 is 6.17 Å². The van der Waals surface area contributed by atoms with E-state index in [4.69, 9.17) is 0 Å². The van der Waals surface area contributed by atoms with E-state index in [1.165, 1.54) is 5.57 Å². The number of allylic oxidation sites excluding steroid dienone is 2. The van der Waals surface area contributed by atoms with Crippen molar-refractivity contribution in [1.29, 1.82) is 0 Å². The van der Waals surface area contributed by atoms with E-state index in [2.05, 4.69) is 13.8 Å². The number of hydrogen-bond acceptors (Lipinski definition) is 0. The van der Waals surface area contributed by atoms with Crippen molar-refractivity contribution >= 4 is 0 Å². The van der Waals surface area contributed by atoms with Crippen molar-refractivity contribution in [3.05, 3.63) is 11.1 Å². The third-order valence-electron chi connectivity index (χ3n) is 2.58. The average molecular weight is 156 g/mol. The van der Waals surface area contributed by atoms with Crippen molar-refractivity contribution in [2.45, 2.75) is 46.2 Å². The Bertz CT molecular complexity index is 168. The lowest BCUT2D eigenvalue weighted by Gasteiger charge is -2.23. The second-order valence-electron chi connectivity index (χ2n) is 3.72. The third kappa shape index (κ3) is 1.82. The summed E-state index contributed by atoms with van der Waals surface area (Å²) in [6.45, 7) is 6.24. The Morgan fingerprint density at radius 3 is 2.55 bits per heavy atom. The van der Waals surface area contributed by atoms with Crippen LogP contribution in [0.25, 0.3) is 0 Å². The minimum absolute atomic E-state index is 0.536. The predicted molar refractivity (Wildman–Crippen MR) is 46.3 cm³/mol. The Morgan fingerprint density at radius 1 is 1.45 bits per heavy atom. The predicted octanol–water partition coefficient (Wildman–Crippen LogP) is 3.48. The van der Waals surface area contributed by atoms with Crippen molar-refractivity contribution in [3.8, 4) is 0 Å². The van der Waals surface area contributed by atoms with Gasteiger partial charge < -0.3 is 0 Å². The molecular formula is C10H17F. The van der Waals surface area contributed by atoms with Crippen molar-refractivity contribution in [2.75, 3.05) is 0 Å². The zero-order chi connectivity index (χ0) is 8.43. The van der Waals surface area contributed by atoms with E-state index in [1.807, 2.05) is 6.92 Å². The molecule has 1 aliphatic rings. The van der Waals surface area contributed by atoms with Crippen LogP contribution in [-0.2, 0) is 0 Å². The maximum absolute atomic E-state index is 13.1. The van der Waals surface area contributed by atoms with Gasteiger partial charge in [-0.25, -0.2) is 4.39 Å². The quantitative estimate of drug-likeness (QED) is 0.510. The van der Waals surface area contributed by atoms with Crippen LogP contribution in [0.1, 0.15) is 40.0 Å². The van der Waals surface area contributed by atoms with E-state index in [-0.39, 0.29) is 0 Å². The van der Waals surface area contributed by atoms with Crippen molar-refractivity contribution < 1.29 is 4.39 Å². The molecule has 0 amide bonds. The summed E-state index contributed by atoms with van der Waals surface area (Å²) < 4.78 is 13.1. The van der Waals surface area contributed by atoms with Gasteiger partial charge in [0.05, 0.1) is 0 Å². The van der Waals surface area contributed by atoms with Crippen molar-refractivity contribution in [2.24, 2.45) is 5.92 Å². The molecule has 0 spiro atoms. The van der Waals surface area contributed by atoms with Gasteiger partial charge in [-0.05, 0) is 37.7 Å². The number of halogens is 1. The van der Waals surface area contributed by atoms with Gasteiger partial charge in [-0.2, -0.15) is 0 Å². The molecular weight excluding hydrogens is 139 g/mol. The third-order valence-corrected chi connectivity index (χ3v) is 2.58. The van der Waals surface area contributed by atoms with Gasteiger partial charge in [-0.3, -0.25) is 0 Å². The van der Waals surface area contributed by atoms with E-state index in [9.17, 15) is 4.39 Å². The lowest BCUT2D eigenvalue weighted by atomic mass is 9.85. The summed E-state index contributed by atoms with van der Waals surface area (Å²) in [6, 6.07) is 0. The maximum atomic E-state index is 13.1. The molecule has 0 saturated carbocycles. The highest BCUT2D eigenvalue weighted by Gasteiger charge is 2.20. The first-order valence-corrected chi connectivity index (χ1v) is 4.46. The summed E-state index contributed by atoms with van der Waals surface area (Å²) in [7, 11) is 0. The fourth-order valence-corrected chi connectivity index (χ4v) is 1.83. The largest absolute Gasteiger partial charge is 0.243 e. The first-order chi connectivity index (χ1) is 5.13. The van der Waals surface area contributed by atoms with E-state index in [0.29, 0.717) is 5.92 Å². The minimum Gasteiger partial charge on any atom is -0.243 e. The molecule has 0 fully saturated rings. The topological polar surface area (TPSA) is 0 Å². The Hall–Kier alpha value is -0.330. The molecule has 11 heavy (non-hydrogen) atoms. The van der Waals surface area contributed by atoms with Crippen LogP contribution in [0.5, 0.6) is 0 Å². The highest BCUT2D eigenvalue weighted by molar-refractivity contribution is 5.20. The van der Waals surface area contributed by atoms with Gasteiger partial charge in [0.15, 0.2) is 0 Å². The SMILES string of the molecule is CC1=C(C(C)C)CCCC1F. The Labute approximate surface area is 68.5 Å². The molecule has 0 saturated heterocycles. The monoisotopic (exact) mass is 156 g/mol. The van der Waals surface area contributed by atoms with E-state index >= 15 is 0 Å². The number of alkyl halides is 1. The molecule has 64 valence electrons. The van der Waals surface area contributed by atoms with Crippen LogP contribution >= 0.6 is 0 Å². The summed E-state index contributed by atoms with van der Waals surface area (Å²) in [6.07, 6.45) is 2.24. The second-order valence-corrected chi connectivity index (χ2v) is 3.72. The van der Waals surface area contributed by atoms with Gasteiger partial charge in [0.25, 0.3) is 0 Å². The molecule has 1 heteroatoms. The Kier molecular flexibility index (Phi) is 2.69. The van der Waals surface area contributed by atoms with Crippen molar-refractivity contribution in [3.63, 3.8) is 0 Å². The molecule has 1 rings (SSSR count). The van der Waals surface area contributed by atoms with Crippen LogP contribution < -0.4 is 0 Å². The maximum Gasteiger partial charge on any atom is 0.121 e. The summed E-state index contributed by atoms with van der Waals surface area (Å²) in [5.74, 6) is 0.536. The number of hydrogen-bond donors (Lipinski definition) is 0. The Morgan fingerprint density at radius 2 is 2.09 bits per heavy atom. The molecule has 0 aliphatic heterocycles. The van der Waals surface area contributed by atoms with E-state index in [0.717, 1.165) is 24.8 Å². The molecule has 0 aromatic carbocycles. The summed E-state index contributed by atoms with van der Waals surface area (Å²) in [5.41, 5.74) is 2.36. The standard InChI is InChI=1S/C10H17F/c1-7(2)9-5-4-6-10(11)8(9)3/h7,10H,4-6H2,1-3H3. The van der Waals surface area contributed by atoms with Gasteiger partial charge in [0, 0.05) is 0 Å². The van der Waals surface area contributed by atoms with Crippen LogP contribution in [0.3, 0.4) is 0 Å². The second kappa shape index (κ2) is 3.38. The van der Waals surface area contributed by atoms with Crippen LogP contribution in [0, 0.1) is 5.92 Å². The average Bonchev–Trinajstić information content (AvgIpc) is 1.94. The summed E-state index contributed by atoms with van der Waals surface area (Å²) in [5, 5.41) is 0. The molecule has 0 aromatic heterocycles. The molecule has 1 unspecified atom stereocenters. The molecule has 0 N–H and O–H groups in total. The zero-order valence-corrected chi connectivity index (χ0v) is 7.65. The molecule has 1 atom stereocenters. The molecule has 1 aliphatic carbocycles. The van der Waals surface area contributed by atoms with Crippen molar-refractivity contribution in [1.82, 2.24) is 0 Å². The molecule has 0 heterocycles. The van der Waals surface area contributed by atoms with Crippen LogP contribution in [0.15, 0.2) is 11.1 Å². The highest BCUT2D eigenvalue weighted by Crippen LogP contribution is 2.31. The molecule has 0 bridgehead atoms. The minimum atomic E-state index is -0.652. The van der Waals surface area contributed by atoms with Crippen LogP contribution in [0.4, 0.5) is 4.39 Å². The van der Waals surface area contributed by atoms with Gasteiger partial charge in [0.1, 0.15) is 6.17 Å². The normalized spacial score (nSPS) is 26.5. The summed E-state index contributed by atoms with van der Waals surface area (Å²) in [4.78, 5) is 0.